The SMILES string of the molecule is Cc1ccc(-c2ccc3ncc(C(=O)NC(C)(C)C)c(Nc4ccccc4)c3c2)cn1. The van der Waals surface area contributed by atoms with Crippen LogP contribution in [-0.2, 0) is 0 Å². The molecule has 5 heteroatoms. The largest absolute Gasteiger partial charge is 0.354 e. The van der Waals surface area contributed by atoms with Gasteiger partial charge in [-0.25, -0.2) is 0 Å². The summed E-state index contributed by atoms with van der Waals surface area (Å²) in [5, 5.41) is 7.38. The average molecular weight is 411 g/mol. The van der Waals surface area contributed by atoms with Crippen LogP contribution in [0.5, 0.6) is 0 Å². The highest BCUT2D eigenvalue weighted by Crippen LogP contribution is 2.32. The van der Waals surface area contributed by atoms with Crippen molar-refractivity contribution in [2.45, 2.75) is 33.2 Å². The van der Waals surface area contributed by atoms with Gasteiger partial charge in [-0.05, 0) is 63.6 Å². The Bertz CT molecular complexity index is 1230. The van der Waals surface area contributed by atoms with Crippen molar-refractivity contribution >= 4 is 28.2 Å². The summed E-state index contributed by atoms with van der Waals surface area (Å²) in [5.74, 6) is -0.164. The number of hydrogen-bond acceptors (Lipinski definition) is 4. The zero-order chi connectivity index (χ0) is 22.0. The molecule has 0 bridgehead atoms. The number of fused-ring (bicyclic) bond motifs is 1. The van der Waals surface area contributed by atoms with Gasteiger partial charge >= 0.3 is 0 Å². The van der Waals surface area contributed by atoms with Crippen LogP contribution in [0.25, 0.3) is 22.0 Å². The maximum Gasteiger partial charge on any atom is 0.255 e. The summed E-state index contributed by atoms with van der Waals surface area (Å²) in [4.78, 5) is 22.1. The van der Waals surface area contributed by atoms with Gasteiger partial charge in [-0.15, -0.1) is 0 Å². The Labute approximate surface area is 182 Å². The molecule has 2 aromatic heterocycles. The van der Waals surface area contributed by atoms with Crippen molar-refractivity contribution in [1.29, 1.82) is 0 Å². The molecule has 0 radical (unpaired) electrons. The third-order valence-electron chi connectivity index (χ3n) is 4.89. The minimum Gasteiger partial charge on any atom is -0.354 e. The van der Waals surface area contributed by atoms with Crippen LogP contribution in [-0.4, -0.2) is 21.4 Å². The van der Waals surface area contributed by atoms with Gasteiger partial charge in [-0.1, -0.05) is 30.3 Å². The molecular weight excluding hydrogens is 384 g/mol. The number of para-hydroxylation sites is 1. The van der Waals surface area contributed by atoms with E-state index >= 15 is 0 Å². The van der Waals surface area contributed by atoms with Crippen LogP contribution in [0.1, 0.15) is 36.8 Å². The van der Waals surface area contributed by atoms with Crippen LogP contribution in [0.15, 0.2) is 73.1 Å². The molecule has 0 saturated heterocycles. The number of carbonyl (C=O) groups is 1. The van der Waals surface area contributed by atoms with E-state index in [1.54, 1.807) is 6.20 Å². The van der Waals surface area contributed by atoms with Gasteiger partial charge in [0.1, 0.15) is 0 Å². The molecule has 31 heavy (non-hydrogen) atoms. The summed E-state index contributed by atoms with van der Waals surface area (Å²) >= 11 is 0. The van der Waals surface area contributed by atoms with E-state index in [-0.39, 0.29) is 11.4 Å². The molecule has 4 rings (SSSR count). The second-order valence-corrected chi connectivity index (χ2v) is 8.66. The van der Waals surface area contributed by atoms with Gasteiger partial charge in [-0.3, -0.25) is 14.8 Å². The van der Waals surface area contributed by atoms with Crippen LogP contribution in [0.4, 0.5) is 11.4 Å². The Morgan fingerprint density at radius 1 is 0.871 bits per heavy atom. The molecule has 2 heterocycles. The number of anilines is 2. The van der Waals surface area contributed by atoms with Crippen LogP contribution in [0.3, 0.4) is 0 Å². The number of nitrogens with zero attached hydrogens (tertiary/aromatic N) is 2. The van der Waals surface area contributed by atoms with E-state index in [1.165, 1.54) is 0 Å². The lowest BCUT2D eigenvalue weighted by Crippen LogP contribution is -2.40. The Morgan fingerprint density at radius 2 is 1.61 bits per heavy atom. The molecule has 0 fully saturated rings. The quantitative estimate of drug-likeness (QED) is 0.441. The molecule has 156 valence electrons. The van der Waals surface area contributed by atoms with Gasteiger partial charge in [0.2, 0.25) is 0 Å². The Balaban J connectivity index is 1.88. The van der Waals surface area contributed by atoms with Crippen molar-refractivity contribution in [1.82, 2.24) is 15.3 Å². The van der Waals surface area contributed by atoms with Crippen molar-refractivity contribution < 1.29 is 4.79 Å². The summed E-state index contributed by atoms with van der Waals surface area (Å²) in [6.45, 7) is 7.86. The molecule has 0 spiro atoms. The van der Waals surface area contributed by atoms with E-state index in [0.29, 0.717) is 5.56 Å². The zero-order valence-electron chi connectivity index (χ0n) is 18.2. The molecule has 2 N–H and O–H groups in total. The first-order chi connectivity index (χ1) is 14.8. The molecule has 0 aliphatic heterocycles. The van der Waals surface area contributed by atoms with Crippen LogP contribution >= 0.6 is 0 Å². The first kappa shape index (κ1) is 20.5. The van der Waals surface area contributed by atoms with Gasteiger partial charge in [0, 0.05) is 40.3 Å². The monoisotopic (exact) mass is 410 g/mol. The topological polar surface area (TPSA) is 66.9 Å². The summed E-state index contributed by atoms with van der Waals surface area (Å²) in [5.41, 5.74) is 5.61. The van der Waals surface area contributed by atoms with Crippen LogP contribution in [0, 0.1) is 6.92 Å². The number of amides is 1. The standard InChI is InChI=1S/C26H26N4O/c1-17-10-11-19(15-27-17)18-12-13-23-21(14-18)24(29-20-8-6-5-7-9-20)22(16-28-23)25(31)30-26(2,3)4/h5-16H,1-4H3,(H,28,29)(H,30,31). The number of aryl methyl sites for hydroxylation is 1. The zero-order valence-corrected chi connectivity index (χ0v) is 18.2. The molecule has 5 nitrogen and oxygen atoms in total. The minimum absolute atomic E-state index is 0.164. The maximum atomic E-state index is 13.1. The summed E-state index contributed by atoms with van der Waals surface area (Å²) in [6.07, 6.45) is 3.51. The van der Waals surface area contributed by atoms with Crippen molar-refractivity contribution in [2.24, 2.45) is 0 Å². The van der Waals surface area contributed by atoms with Crippen LogP contribution in [0.2, 0.25) is 0 Å². The molecule has 0 unspecified atom stereocenters. The first-order valence-corrected chi connectivity index (χ1v) is 10.3. The number of benzene rings is 2. The number of hydrogen-bond donors (Lipinski definition) is 2. The normalized spacial score (nSPS) is 11.4. The molecule has 0 saturated carbocycles. The number of carbonyl (C=O) groups excluding carboxylic acids is 1. The predicted molar refractivity (Wildman–Crippen MR) is 127 cm³/mol. The lowest BCUT2D eigenvalue weighted by atomic mass is 10.0. The van der Waals surface area contributed by atoms with E-state index < -0.39 is 0 Å². The Kier molecular flexibility index (Phi) is 5.42. The maximum absolute atomic E-state index is 13.1. The van der Waals surface area contributed by atoms with E-state index in [0.717, 1.165) is 39.1 Å². The number of nitrogens with one attached hydrogen (secondary N) is 2. The predicted octanol–water partition coefficient (Wildman–Crippen LogP) is 5.88. The second kappa shape index (κ2) is 8.19. The second-order valence-electron chi connectivity index (χ2n) is 8.66. The van der Waals surface area contributed by atoms with E-state index in [1.807, 2.05) is 82.4 Å². The Morgan fingerprint density at radius 3 is 2.29 bits per heavy atom. The number of rotatable bonds is 4. The van der Waals surface area contributed by atoms with E-state index in [4.69, 9.17) is 0 Å². The van der Waals surface area contributed by atoms with Crippen molar-refractivity contribution in [3.63, 3.8) is 0 Å². The lowest BCUT2D eigenvalue weighted by Gasteiger charge is -2.22. The summed E-state index contributed by atoms with van der Waals surface area (Å²) < 4.78 is 0. The smallest absolute Gasteiger partial charge is 0.255 e. The highest BCUT2D eigenvalue weighted by molar-refractivity contribution is 6.09. The third kappa shape index (κ3) is 4.72. The fraction of sp³-hybridized carbons (Fsp3) is 0.192. The molecule has 2 aromatic carbocycles. The van der Waals surface area contributed by atoms with Gasteiger partial charge in [0.15, 0.2) is 0 Å². The molecule has 0 aliphatic rings. The fourth-order valence-corrected chi connectivity index (χ4v) is 3.39. The molecule has 0 atom stereocenters. The van der Waals surface area contributed by atoms with Gasteiger partial charge < -0.3 is 10.6 Å². The average Bonchev–Trinajstić information content (AvgIpc) is 2.73. The van der Waals surface area contributed by atoms with Gasteiger partial charge in [-0.2, -0.15) is 0 Å². The molecule has 1 amide bonds. The number of aromatic nitrogens is 2. The fourth-order valence-electron chi connectivity index (χ4n) is 3.39. The minimum atomic E-state index is -0.356. The molecule has 0 aliphatic carbocycles. The summed E-state index contributed by atoms with van der Waals surface area (Å²) in [6, 6.07) is 20.0. The van der Waals surface area contributed by atoms with Gasteiger partial charge in [0.25, 0.3) is 5.91 Å². The van der Waals surface area contributed by atoms with Gasteiger partial charge in [0.05, 0.1) is 16.8 Å². The highest BCUT2D eigenvalue weighted by Gasteiger charge is 2.21. The third-order valence-corrected chi connectivity index (χ3v) is 4.89. The first-order valence-electron chi connectivity index (χ1n) is 10.3. The molecule has 4 aromatic rings. The highest BCUT2D eigenvalue weighted by atomic mass is 16.1. The summed E-state index contributed by atoms with van der Waals surface area (Å²) in [7, 11) is 0. The van der Waals surface area contributed by atoms with Crippen LogP contribution < -0.4 is 10.6 Å². The molecular formula is C26H26N4O. The van der Waals surface area contributed by atoms with E-state index in [9.17, 15) is 4.79 Å². The Hall–Kier alpha value is -3.73. The number of pyridine rings is 2. The van der Waals surface area contributed by atoms with Crippen molar-refractivity contribution in [3.8, 4) is 11.1 Å². The van der Waals surface area contributed by atoms with Crippen molar-refractivity contribution in [3.05, 3.63) is 84.3 Å². The lowest BCUT2D eigenvalue weighted by molar-refractivity contribution is 0.0920. The van der Waals surface area contributed by atoms with E-state index in [2.05, 4.69) is 32.7 Å². The van der Waals surface area contributed by atoms with Crippen molar-refractivity contribution in [2.75, 3.05) is 5.32 Å².